The maximum atomic E-state index is 12.3. The molecular weight excluding hydrogens is 219 g/mol. The van der Waals surface area contributed by atoms with Crippen LogP contribution in [-0.4, -0.2) is 16.8 Å². The van der Waals surface area contributed by atoms with Crippen molar-refractivity contribution < 1.29 is 13.2 Å². The van der Waals surface area contributed by atoms with Crippen molar-refractivity contribution in [3.05, 3.63) is 17.5 Å². The van der Waals surface area contributed by atoms with Crippen LogP contribution in [0.3, 0.4) is 0 Å². The van der Waals surface area contributed by atoms with Crippen LogP contribution in [0.4, 0.5) is 13.2 Å². The van der Waals surface area contributed by atoms with Gasteiger partial charge < -0.3 is 5.32 Å². The van der Waals surface area contributed by atoms with Gasteiger partial charge in [0.2, 0.25) is 0 Å². The van der Waals surface area contributed by atoms with E-state index in [0.29, 0.717) is 0 Å². The normalized spacial score (nSPS) is 11.2. The van der Waals surface area contributed by atoms with Crippen molar-refractivity contribution in [2.24, 2.45) is 7.05 Å². The number of nitrogens with one attached hydrogen (secondary N) is 1. The molecule has 0 unspecified atom stereocenters. The molecule has 1 aromatic rings. The molecule has 82 valence electrons. The average molecular weight is 230 g/mol. The predicted octanol–water partition coefficient (Wildman–Crippen LogP) is 1.58. The molecular formula is C7H11ClF3N3. The van der Waals surface area contributed by atoms with Gasteiger partial charge in [-0.1, -0.05) is 0 Å². The lowest BCUT2D eigenvalue weighted by atomic mass is 10.2. The summed E-state index contributed by atoms with van der Waals surface area (Å²) in [5, 5.41) is 6.01. The number of aryl methyl sites for hydroxylation is 1. The summed E-state index contributed by atoms with van der Waals surface area (Å²) in [5.74, 6) is 0. The molecule has 0 amide bonds. The fourth-order valence-corrected chi connectivity index (χ4v) is 1.10. The Balaban J connectivity index is 0.00000169. The van der Waals surface area contributed by atoms with E-state index in [-0.39, 0.29) is 24.5 Å². The van der Waals surface area contributed by atoms with E-state index in [1.54, 1.807) is 7.05 Å². The average Bonchev–Trinajstić information content (AvgIpc) is 2.30. The molecule has 0 atom stereocenters. The van der Waals surface area contributed by atoms with Crippen molar-refractivity contribution in [3.63, 3.8) is 0 Å². The van der Waals surface area contributed by atoms with Gasteiger partial charge in [-0.05, 0) is 7.05 Å². The zero-order chi connectivity index (χ0) is 10.1. The smallest absolute Gasteiger partial charge is 0.316 e. The van der Waals surface area contributed by atoms with E-state index in [4.69, 9.17) is 0 Å². The first-order chi connectivity index (χ1) is 5.95. The Hall–Kier alpha value is -0.750. The molecule has 0 radical (unpaired) electrons. The summed E-state index contributed by atoms with van der Waals surface area (Å²) in [7, 11) is 3.06. The van der Waals surface area contributed by atoms with Crippen LogP contribution in [0.2, 0.25) is 0 Å². The molecule has 7 heteroatoms. The number of nitrogens with zero attached hydrogens (tertiary/aromatic N) is 2. The lowest BCUT2D eigenvalue weighted by Gasteiger charge is -2.04. The Morgan fingerprint density at radius 3 is 2.50 bits per heavy atom. The quantitative estimate of drug-likeness (QED) is 0.835. The van der Waals surface area contributed by atoms with Crippen LogP contribution < -0.4 is 5.32 Å². The van der Waals surface area contributed by atoms with Crippen molar-refractivity contribution >= 4 is 12.4 Å². The summed E-state index contributed by atoms with van der Waals surface area (Å²) in [6.45, 7) is 0.169. The van der Waals surface area contributed by atoms with Crippen molar-refractivity contribution in [1.29, 1.82) is 0 Å². The van der Waals surface area contributed by atoms with Crippen LogP contribution in [0.25, 0.3) is 0 Å². The number of hydrogen-bond acceptors (Lipinski definition) is 2. The number of halogens is 4. The van der Waals surface area contributed by atoms with E-state index in [2.05, 4.69) is 10.4 Å². The van der Waals surface area contributed by atoms with Gasteiger partial charge in [0.15, 0.2) is 5.69 Å². The first kappa shape index (κ1) is 13.2. The summed E-state index contributed by atoms with van der Waals surface area (Å²) in [6.07, 6.45) is -3.01. The third-order valence-corrected chi connectivity index (χ3v) is 1.54. The molecule has 0 fully saturated rings. The van der Waals surface area contributed by atoms with Gasteiger partial charge >= 0.3 is 6.18 Å². The maximum absolute atomic E-state index is 12.3. The molecule has 0 aliphatic heterocycles. The molecule has 1 rings (SSSR count). The Morgan fingerprint density at radius 2 is 2.07 bits per heavy atom. The van der Waals surface area contributed by atoms with Crippen molar-refractivity contribution in [2.45, 2.75) is 12.7 Å². The Labute approximate surface area is 85.7 Å². The number of rotatable bonds is 2. The molecule has 14 heavy (non-hydrogen) atoms. The van der Waals surface area contributed by atoms with Crippen LogP contribution in [0.15, 0.2) is 6.20 Å². The summed E-state index contributed by atoms with van der Waals surface area (Å²) in [4.78, 5) is 0. The second kappa shape index (κ2) is 4.65. The molecule has 0 bridgehead atoms. The Bertz CT molecular complexity index is 295. The highest BCUT2D eigenvalue weighted by atomic mass is 35.5. The molecule has 0 aliphatic carbocycles. The molecule has 1 heterocycles. The van der Waals surface area contributed by atoms with Crippen LogP contribution in [0.1, 0.15) is 11.3 Å². The van der Waals surface area contributed by atoms with Gasteiger partial charge in [0.1, 0.15) is 0 Å². The van der Waals surface area contributed by atoms with E-state index in [9.17, 15) is 13.2 Å². The largest absolute Gasteiger partial charge is 0.435 e. The van der Waals surface area contributed by atoms with Crippen molar-refractivity contribution in [2.75, 3.05) is 7.05 Å². The SMILES string of the molecule is CNCc1cn(C)nc1C(F)(F)F.Cl. The number of alkyl halides is 3. The second-order valence-corrected chi connectivity index (χ2v) is 2.70. The minimum atomic E-state index is -4.37. The zero-order valence-corrected chi connectivity index (χ0v) is 8.54. The monoisotopic (exact) mass is 229 g/mol. The fourth-order valence-electron chi connectivity index (χ4n) is 1.10. The van der Waals surface area contributed by atoms with Crippen LogP contribution in [0, 0.1) is 0 Å². The highest BCUT2D eigenvalue weighted by molar-refractivity contribution is 5.85. The van der Waals surface area contributed by atoms with Crippen molar-refractivity contribution in [1.82, 2.24) is 15.1 Å². The second-order valence-electron chi connectivity index (χ2n) is 2.70. The molecule has 0 aliphatic rings. The third kappa shape index (κ3) is 2.88. The van der Waals surface area contributed by atoms with Crippen LogP contribution in [-0.2, 0) is 19.8 Å². The Kier molecular flexibility index (Phi) is 4.41. The van der Waals surface area contributed by atoms with E-state index in [0.717, 1.165) is 4.68 Å². The minimum Gasteiger partial charge on any atom is -0.316 e. The van der Waals surface area contributed by atoms with Crippen molar-refractivity contribution in [3.8, 4) is 0 Å². The minimum absolute atomic E-state index is 0. The van der Waals surface area contributed by atoms with Gasteiger partial charge in [0, 0.05) is 25.4 Å². The maximum Gasteiger partial charge on any atom is 0.435 e. The van der Waals surface area contributed by atoms with Gasteiger partial charge in [-0.25, -0.2) is 0 Å². The standard InChI is InChI=1S/C7H10F3N3.ClH/c1-11-3-5-4-13(2)12-6(5)7(8,9)10;/h4,11H,3H2,1-2H3;1H. The fraction of sp³-hybridized carbons (Fsp3) is 0.571. The van der Waals surface area contributed by atoms with Crippen LogP contribution >= 0.6 is 12.4 Å². The van der Waals surface area contributed by atoms with Gasteiger partial charge in [-0.3, -0.25) is 4.68 Å². The zero-order valence-electron chi connectivity index (χ0n) is 7.72. The predicted molar refractivity (Wildman–Crippen MR) is 48.2 cm³/mol. The number of hydrogen-bond donors (Lipinski definition) is 1. The van der Waals surface area contributed by atoms with Gasteiger partial charge in [0.05, 0.1) is 0 Å². The first-order valence-corrected chi connectivity index (χ1v) is 3.69. The molecule has 0 aromatic carbocycles. The summed E-state index contributed by atoms with van der Waals surface area (Å²) in [5.41, 5.74) is -0.651. The first-order valence-electron chi connectivity index (χ1n) is 3.69. The van der Waals surface area contributed by atoms with E-state index < -0.39 is 11.9 Å². The molecule has 0 spiro atoms. The summed E-state index contributed by atoms with van der Waals surface area (Å²) < 4.78 is 38.0. The topological polar surface area (TPSA) is 29.9 Å². The molecule has 3 nitrogen and oxygen atoms in total. The third-order valence-electron chi connectivity index (χ3n) is 1.54. The van der Waals surface area contributed by atoms with E-state index in [1.165, 1.54) is 13.2 Å². The highest BCUT2D eigenvalue weighted by Crippen LogP contribution is 2.30. The summed E-state index contributed by atoms with van der Waals surface area (Å²) >= 11 is 0. The Morgan fingerprint density at radius 1 is 1.50 bits per heavy atom. The van der Waals surface area contributed by atoms with Gasteiger partial charge in [-0.2, -0.15) is 18.3 Å². The molecule has 0 saturated heterocycles. The summed E-state index contributed by atoms with van der Waals surface area (Å²) in [6, 6.07) is 0. The van der Waals surface area contributed by atoms with Gasteiger partial charge in [0.25, 0.3) is 0 Å². The van der Waals surface area contributed by atoms with Crippen LogP contribution in [0.5, 0.6) is 0 Å². The number of aromatic nitrogens is 2. The lowest BCUT2D eigenvalue weighted by Crippen LogP contribution is -2.13. The van der Waals surface area contributed by atoms with E-state index >= 15 is 0 Å². The molecule has 1 aromatic heterocycles. The lowest BCUT2D eigenvalue weighted by molar-refractivity contribution is -0.142. The molecule has 1 N–H and O–H groups in total. The van der Waals surface area contributed by atoms with Gasteiger partial charge in [-0.15, -0.1) is 12.4 Å². The molecule has 0 saturated carbocycles. The van der Waals surface area contributed by atoms with E-state index in [1.807, 2.05) is 0 Å². The highest BCUT2D eigenvalue weighted by Gasteiger charge is 2.36.